The maximum atomic E-state index is 10.9. The Balaban J connectivity index is 2.37. The molecule has 0 saturated carbocycles. The summed E-state index contributed by atoms with van der Waals surface area (Å²) in [6, 6.07) is 10.8. The highest BCUT2D eigenvalue weighted by atomic mass is 35.5. The molecule has 0 aliphatic rings. The minimum absolute atomic E-state index is 0.403. The number of nitrogens with two attached hydrogens (primary N) is 1. The van der Waals surface area contributed by atoms with E-state index in [0.717, 1.165) is 11.3 Å². The van der Waals surface area contributed by atoms with E-state index in [1.165, 1.54) is 0 Å². The van der Waals surface area contributed by atoms with E-state index < -0.39 is 5.91 Å². The molecule has 0 bridgehead atoms. The first-order valence-electron chi connectivity index (χ1n) is 4.41. The summed E-state index contributed by atoms with van der Waals surface area (Å²) in [5.74, 6) is -0.463. The molecule has 2 rings (SSSR count). The first kappa shape index (κ1) is 9.80. The van der Waals surface area contributed by atoms with Gasteiger partial charge in [-0.25, -0.2) is 0 Å². The molecule has 0 radical (unpaired) electrons. The number of halogens is 1. The van der Waals surface area contributed by atoms with Crippen LogP contribution >= 0.6 is 11.6 Å². The molecule has 1 amide bonds. The van der Waals surface area contributed by atoms with Crippen LogP contribution in [0.5, 0.6) is 0 Å². The summed E-state index contributed by atoms with van der Waals surface area (Å²) < 4.78 is 0. The molecule has 0 saturated heterocycles. The van der Waals surface area contributed by atoms with Gasteiger partial charge in [-0.05, 0) is 29.8 Å². The van der Waals surface area contributed by atoms with Crippen molar-refractivity contribution >= 4 is 17.5 Å². The van der Waals surface area contributed by atoms with E-state index in [0.29, 0.717) is 10.7 Å². The van der Waals surface area contributed by atoms with Gasteiger partial charge in [0.2, 0.25) is 0 Å². The van der Waals surface area contributed by atoms with Crippen LogP contribution in [-0.4, -0.2) is 10.9 Å². The van der Waals surface area contributed by atoms with Crippen molar-refractivity contribution in [2.45, 2.75) is 0 Å². The third-order valence-electron chi connectivity index (χ3n) is 2.11. The lowest BCUT2D eigenvalue weighted by atomic mass is 10.2. The average molecular weight is 221 g/mol. The molecule has 0 atom stereocenters. The number of carbonyl (C=O) groups is 1. The number of aromatic amines is 1. The second-order valence-corrected chi connectivity index (χ2v) is 3.59. The zero-order valence-corrected chi connectivity index (χ0v) is 8.58. The fourth-order valence-electron chi connectivity index (χ4n) is 1.34. The van der Waals surface area contributed by atoms with Crippen molar-refractivity contribution in [3.05, 3.63) is 47.1 Å². The molecule has 1 aromatic carbocycles. The van der Waals surface area contributed by atoms with E-state index in [2.05, 4.69) is 4.98 Å². The van der Waals surface area contributed by atoms with E-state index >= 15 is 0 Å². The van der Waals surface area contributed by atoms with Gasteiger partial charge in [0.05, 0.1) is 0 Å². The number of primary amides is 1. The molecule has 0 spiro atoms. The first-order chi connectivity index (χ1) is 7.16. The number of hydrogen-bond acceptors (Lipinski definition) is 1. The zero-order valence-electron chi connectivity index (χ0n) is 7.83. The minimum Gasteiger partial charge on any atom is -0.364 e. The predicted molar refractivity (Wildman–Crippen MR) is 59.8 cm³/mol. The van der Waals surface area contributed by atoms with E-state index in [-0.39, 0.29) is 0 Å². The Morgan fingerprint density at radius 3 is 2.33 bits per heavy atom. The van der Waals surface area contributed by atoms with Crippen LogP contribution in [0.4, 0.5) is 0 Å². The second kappa shape index (κ2) is 3.79. The molecule has 0 fully saturated rings. The van der Waals surface area contributed by atoms with Crippen molar-refractivity contribution in [2.75, 3.05) is 0 Å². The maximum absolute atomic E-state index is 10.9. The molecular weight excluding hydrogens is 212 g/mol. The number of H-pyrrole nitrogens is 1. The Bertz CT molecular complexity index is 488. The fourth-order valence-corrected chi connectivity index (χ4v) is 1.46. The van der Waals surface area contributed by atoms with Crippen LogP contribution in [0, 0.1) is 0 Å². The van der Waals surface area contributed by atoms with E-state index in [9.17, 15) is 4.79 Å². The summed E-state index contributed by atoms with van der Waals surface area (Å²) in [6.07, 6.45) is 0. The molecule has 0 aliphatic carbocycles. The van der Waals surface area contributed by atoms with Gasteiger partial charge in [-0.2, -0.15) is 0 Å². The molecule has 3 nitrogen and oxygen atoms in total. The Labute approximate surface area is 91.9 Å². The van der Waals surface area contributed by atoms with Crippen molar-refractivity contribution < 1.29 is 4.79 Å². The maximum Gasteiger partial charge on any atom is 0.265 e. The van der Waals surface area contributed by atoms with Gasteiger partial charge in [0.1, 0.15) is 5.69 Å². The molecule has 15 heavy (non-hydrogen) atoms. The average Bonchev–Trinajstić information content (AvgIpc) is 2.68. The number of rotatable bonds is 2. The van der Waals surface area contributed by atoms with Crippen molar-refractivity contribution in [3.8, 4) is 11.3 Å². The number of aromatic nitrogens is 1. The van der Waals surface area contributed by atoms with E-state index in [1.807, 2.05) is 18.2 Å². The Kier molecular flexibility index (Phi) is 2.47. The van der Waals surface area contributed by atoms with Crippen LogP contribution in [0.1, 0.15) is 10.5 Å². The molecule has 4 heteroatoms. The number of carbonyl (C=O) groups excluding carboxylic acids is 1. The van der Waals surface area contributed by atoms with Crippen molar-refractivity contribution in [2.24, 2.45) is 5.73 Å². The summed E-state index contributed by atoms with van der Waals surface area (Å²) in [7, 11) is 0. The lowest BCUT2D eigenvalue weighted by molar-refractivity contribution is 0.0996. The second-order valence-electron chi connectivity index (χ2n) is 3.16. The monoisotopic (exact) mass is 220 g/mol. The van der Waals surface area contributed by atoms with E-state index in [1.54, 1.807) is 18.2 Å². The first-order valence-corrected chi connectivity index (χ1v) is 4.79. The van der Waals surface area contributed by atoms with E-state index in [4.69, 9.17) is 17.3 Å². The van der Waals surface area contributed by atoms with Crippen LogP contribution in [-0.2, 0) is 0 Å². The van der Waals surface area contributed by atoms with Gasteiger partial charge in [0, 0.05) is 10.7 Å². The van der Waals surface area contributed by atoms with Crippen molar-refractivity contribution in [3.63, 3.8) is 0 Å². The summed E-state index contributed by atoms with van der Waals surface area (Å²) >= 11 is 5.77. The highest BCUT2D eigenvalue weighted by Gasteiger charge is 2.04. The number of nitrogens with one attached hydrogen (secondary N) is 1. The van der Waals surface area contributed by atoms with Gasteiger partial charge in [-0.15, -0.1) is 0 Å². The Hall–Kier alpha value is -1.74. The summed E-state index contributed by atoms with van der Waals surface area (Å²) in [5, 5.41) is 0.681. The fraction of sp³-hybridized carbons (Fsp3) is 0. The van der Waals surface area contributed by atoms with Crippen LogP contribution in [0.25, 0.3) is 11.3 Å². The molecule has 0 unspecified atom stereocenters. The number of hydrogen-bond donors (Lipinski definition) is 2. The molecule has 3 N–H and O–H groups in total. The smallest absolute Gasteiger partial charge is 0.265 e. The molecular formula is C11H9ClN2O. The minimum atomic E-state index is -0.463. The van der Waals surface area contributed by atoms with Crippen molar-refractivity contribution in [1.29, 1.82) is 0 Å². The predicted octanol–water partition coefficient (Wildman–Crippen LogP) is 2.43. The van der Waals surface area contributed by atoms with Gasteiger partial charge in [0.25, 0.3) is 5.91 Å². The Morgan fingerprint density at radius 1 is 1.13 bits per heavy atom. The summed E-state index contributed by atoms with van der Waals surface area (Å²) in [6.45, 7) is 0. The number of benzene rings is 1. The highest BCUT2D eigenvalue weighted by molar-refractivity contribution is 6.30. The standard InChI is InChI=1S/C11H9ClN2O/c12-8-3-1-7(2-4-8)9-5-6-10(14-9)11(13)15/h1-6,14H,(H2,13,15). The molecule has 1 heterocycles. The van der Waals surface area contributed by atoms with Gasteiger partial charge in [-0.1, -0.05) is 23.7 Å². The topological polar surface area (TPSA) is 58.9 Å². The lowest BCUT2D eigenvalue weighted by Gasteiger charge is -1.97. The van der Waals surface area contributed by atoms with Crippen molar-refractivity contribution in [1.82, 2.24) is 4.98 Å². The molecule has 2 aromatic rings. The summed E-state index contributed by atoms with van der Waals surface area (Å²) in [5.41, 5.74) is 7.35. The lowest BCUT2D eigenvalue weighted by Crippen LogP contribution is -2.10. The van der Waals surface area contributed by atoms with Gasteiger partial charge >= 0.3 is 0 Å². The largest absolute Gasteiger partial charge is 0.364 e. The number of amides is 1. The van der Waals surface area contributed by atoms with Crippen LogP contribution < -0.4 is 5.73 Å². The normalized spacial score (nSPS) is 10.2. The quantitative estimate of drug-likeness (QED) is 0.803. The Morgan fingerprint density at radius 2 is 1.80 bits per heavy atom. The van der Waals surface area contributed by atoms with Gasteiger partial charge < -0.3 is 10.7 Å². The van der Waals surface area contributed by atoms with Crippen LogP contribution in [0.2, 0.25) is 5.02 Å². The highest BCUT2D eigenvalue weighted by Crippen LogP contribution is 2.20. The summed E-state index contributed by atoms with van der Waals surface area (Å²) in [4.78, 5) is 13.8. The molecule has 76 valence electrons. The molecule has 1 aromatic heterocycles. The third kappa shape index (κ3) is 2.02. The van der Waals surface area contributed by atoms with Gasteiger partial charge in [-0.3, -0.25) is 4.79 Å². The van der Waals surface area contributed by atoms with Crippen LogP contribution in [0.3, 0.4) is 0 Å². The van der Waals surface area contributed by atoms with Gasteiger partial charge in [0.15, 0.2) is 0 Å². The molecule has 0 aliphatic heterocycles. The van der Waals surface area contributed by atoms with Crippen LogP contribution in [0.15, 0.2) is 36.4 Å². The zero-order chi connectivity index (χ0) is 10.8. The SMILES string of the molecule is NC(=O)c1ccc(-c2ccc(Cl)cc2)[nH]1. The third-order valence-corrected chi connectivity index (χ3v) is 2.36.